The summed E-state index contributed by atoms with van der Waals surface area (Å²) >= 11 is 5.73. The van der Waals surface area contributed by atoms with Crippen LogP contribution >= 0.6 is 11.6 Å². The molecule has 0 saturated heterocycles. The van der Waals surface area contributed by atoms with Crippen LogP contribution in [-0.2, 0) is 14.3 Å². The first kappa shape index (κ1) is 19.9. The molecule has 0 unspecified atom stereocenters. The Morgan fingerprint density at radius 3 is 2.59 bits per heavy atom. The summed E-state index contributed by atoms with van der Waals surface area (Å²) in [5, 5.41) is 11.6. The van der Waals surface area contributed by atoms with Crippen LogP contribution in [-0.4, -0.2) is 25.6 Å². The van der Waals surface area contributed by atoms with Gasteiger partial charge in [0, 0.05) is 5.02 Å². The van der Waals surface area contributed by atoms with E-state index in [1.807, 2.05) is 0 Å². The van der Waals surface area contributed by atoms with Gasteiger partial charge < -0.3 is 14.8 Å². The number of halogens is 2. The summed E-state index contributed by atoms with van der Waals surface area (Å²) in [5.74, 6) is -1.81. The van der Waals surface area contributed by atoms with Gasteiger partial charge in [0.2, 0.25) is 0 Å². The summed E-state index contributed by atoms with van der Waals surface area (Å²) in [7, 11) is 1.52. The normalized spacial score (nSPS) is 10.7. The van der Waals surface area contributed by atoms with E-state index in [9.17, 15) is 14.0 Å². The molecule has 0 aliphatic rings. The van der Waals surface area contributed by atoms with Crippen LogP contribution in [0.2, 0.25) is 5.02 Å². The molecule has 0 radical (unpaired) electrons. The molecule has 2 aromatic carbocycles. The number of rotatable bonds is 6. The first-order valence-corrected chi connectivity index (χ1v) is 7.98. The molecule has 27 heavy (non-hydrogen) atoms. The molecule has 1 N–H and O–H groups in total. The standard InChI is InChI=1S/C19H14ClFN2O4/c1-26-15-5-2-12(3-6-15)8-13(10-22)19(25)27-11-18(24)23-17-9-14(20)4-7-16(17)21/h2-9H,11H2,1H3,(H,23,24)/b13-8+. The van der Waals surface area contributed by atoms with Crippen LogP contribution in [0.3, 0.4) is 0 Å². The Morgan fingerprint density at radius 1 is 1.26 bits per heavy atom. The van der Waals surface area contributed by atoms with E-state index in [0.29, 0.717) is 11.3 Å². The largest absolute Gasteiger partial charge is 0.497 e. The molecule has 0 heterocycles. The molecule has 0 bridgehead atoms. The number of esters is 1. The quantitative estimate of drug-likeness (QED) is 0.464. The van der Waals surface area contributed by atoms with Crippen LogP contribution in [0.25, 0.3) is 6.08 Å². The van der Waals surface area contributed by atoms with Crippen LogP contribution in [0.1, 0.15) is 5.56 Å². The van der Waals surface area contributed by atoms with Gasteiger partial charge in [-0.25, -0.2) is 9.18 Å². The van der Waals surface area contributed by atoms with Gasteiger partial charge in [-0.2, -0.15) is 5.26 Å². The second-order valence-corrected chi connectivity index (χ2v) is 5.63. The van der Waals surface area contributed by atoms with E-state index in [4.69, 9.17) is 26.3 Å². The van der Waals surface area contributed by atoms with Gasteiger partial charge in [-0.05, 0) is 42.0 Å². The van der Waals surface area contributed by atoms with Crippen molar-refractivity contribution in [3.8, 4) is 11.8 Å². The zero-order chi connectivity index (χ0) is 19.8. The number of ether oxygens (including phenoxy) is 2. The van der Waals surface area contributed by atoms with Gasteiger partial charge in [0.25, 0.3) is 5.91 Å². The molecule has 0 aliphatic carbocycles. The minimum atomic E-state index is -0.977. The topological polar surface area (TPSA) is 88.4 Å². The SMILES string of the molecule is COc1ccc(/C=C(\C#N)C(=O)OCC(=O)Nc2cc(Cl)ccc2F)cc1. The van der Waals surface area contributed by atoms with E-state index in [0.717, 1.165) is 6.07 Å². The van der Waals surface area contributed by atoms with Gasteiger partial charge in [-0.15, -0.1) is 0 Å². The molecule has 2 aromatic rings. The van der Waals surface area contributed by atoms with E-state index >= 15 is 0 Å². The summed E-state index contributed by atoms with van der Waals surface area (Å²) in [5.41, 5.74) is 0.148. The summed E-state index contributed by atoms with van der Waals surface area (Å²) in [6, 6.07) is 12.0. The molecule has 0 aromatic heterocycles. The number of nitriles is 1. The number of carbonyl (C=O) groups excluding carboxylic acids is 2. The number of benzene rings is 2. The average molecular weight is 389 g/mol. The third-order valence-electron chi connectivity index (χ3n) is 3.30. The van der Waals surface area contributed by atoms with Crippen molar-refractivity contribution in [2.24, 2.45) is 0 Å². The summed E-state index contributed by atoms with van der Waals surface area (Å²) in [6.45, 7) is -0.688. The minimum Gasteiger partial charge on any atom is -0.497 e. The van der Waals surface area contributed by atoms with Gasteiger partial charge in [-0.1, -0.05) is 23.7 Å². The zero-order valence-corrected chi connectivity index (χ0v) is 14.9. The van der Waals surface area contributed by atoms with Crippen molar-refractivity contribution in [1.82, 2.24) is 0 Å². The highest BCUT2D eigenvalue weighted by Crippen LogP contribution is 2.19. The van der Waals surface area contributed by atoms with Gasteiger partial charge in [0.1, 0.15) is 23.2 Å². The van der Waals surface area contributed by atoms with Crippen molar-refractivity contribution < 1.29 is 23.5 Å². The van der Waals surface area contributed by atoms with Crippen LogP contribution in [0.5, 0.6) is 5.75 Å². The molecule has 0 saturated carbocycles. The van der Waals surface area contributed by atoms with Gasteiger partial charge >= 0.3 is 5.97 Å². The summed E-state index contributed by atoms with van der Waals surface area (Å²) in [6.07, 6.45) is 1.32. The molecule has 0 aliphatic heterocycles. The molecule has 8 heteroatoms. The lowest BCUT2D eigenvalue weighted by Crippen LogP contribution is -2.21. The molecular weight excluding hydrogens is 375 g/mol. The Labute approximate surface area is 159 Å². The summed E-state index contributed by atoms with van der Waals surface area (Å²) < 4.78 is 23.4. The highest BCUT2D eigenvalue weighted by atomic mass is 35.5. The third-order valence-corrected chi connectivity index (χ3v) is 3.54. The number of hydrogen-bond acceptors (Lipinski definition) is 5. The van der Waals surface area contributed by atoms with E-state index in [-0.39, 0.29) is 16.3 Å². The second kappa shape index (κ2) is 9.36. The van der Waals surface area contributed by atoms with Crippen molar-refractivity contribution in [2.75, 3.05) is 19.0 Å². The second-order valence-electron chi connectivity index (χ2n) is 5.19. The van der Waals surface area contributed by atoms with E-state index in [1.54, 1.807) is 30.3 Å². The van der Waals surface area contributed by atoms with E-state index in [2.05, 4.69) is 5.32 Å². The fourth-order valence-electron chi connectivity index (χ4n) is 1.99. The number of nitrogens with zero attached hydrogens (tertiary/aromatic N) is 1. The van der Waals surface area contributed by atoms with E-state index < -0.39 is 24.3 Å². The molecule has 2 rings (SSSR count). The lowest BCUT2D eigenvalue weighted by atomic mass is 10.1. The fourth-order valence-corrected chi connectivity index (χ4v) is 2.16. The van der Waals surface area contributed by atoms with Crippen molar-refractivity contribution in [1.29, 1.82) is 5.26 Å². The smallest absolute Gasteiger partial charge is 0.349 e. The highest BCUT2D eigenvalue weighted by molar-refractivity contribution is 6.30. The molecule has 0 atom stereocenters. The van der Waals surface area contributed by atoms with Crippen molar-refractivity contribution in [2.45, 2.75) is 0 Å². The Balaban J connectivity index is 1.97. The predicted molar refractivity (Wildman–Crippen MR) is 97.6 cm³/mol. The Kier molecular flexibility index (Phi) is 6.92. The molecular formula is C19H14ClFN2O4. The Hall–Kier alpha value is -3.37. The monoisotopic (exact) mass is 388 g/mol. The first-order valence-electron chi connectivity index (χ1n) is 7.61. The zero-order valence-electron chi connectivity index (χ0n) is 14.2. The number of carbonyl (C=O) groups is 2. The molecule has 0 fully saturated rings. The maximum atomic E-state index is 13.6. The van der Waals surface area contributed by atoms with Crippen molar-refractivity contribution in [3.63, 3.8) is 0 Å². The third kappa shape index (κ3) is 5.83. The maximum Gasteiger partial charge on any atom is 0.349 e. The fraction of sp³-hybridized carbons (Fsp3) is 0.105. The van der Waals surface area contributed by atoms with Crippen LogP contribution in [0, 0.1) is 17.1 Å². The van der Waals surface area contributed by atoms with Crippen molar-refractivity contribution in [3.05, 3.63) is 64.4 Å². The van der Waals surface area contributed by atoms with E-state index in [1.165, 1.54) is 25.3 Å². The number of anilines is 1. The van der Waals surface area contributed by atoms with Crippen LogP contribution in [0.15, 0.2) is 48.0 Å². The van der Waals surface area contributed by atoms with Gasteiger partial charge in [0.15, 0.2) is 6.61 Å². The Bertz CT molecular complexity index is 920. The van der Waals surface area contributed by atoms with Crippen molar-refractivity contribution >= 4 is 35.2 Å². The lowest BCUT2D eigenvalue weighted by Gasteiger charge is -2.07. The average Bonchev–Trinajstić information content (AvgIpc) is 2.67. The van der Waals surface area contributed by atoms with Crippen LogP contribution in [0.4, 0.5) is 10.1 Å². The molecule has 6 nitrogen and oxygen atoms in total. The highest BCUT2D eigenvalue weighted by Gasteiger charge is 2.14. The number of nitrogens with one attached hydrogen (secondary N) is 1. The summed E-state index contributed by atoms with van der Waals surface area (Å²) in [4.78, 5) is 23.8. The molecule has 0 spiro atoms. The lowest BCUT2D eigenvalue weighted by molar-refractivity contribution is -0.142. The maximum absolute atomic E-state index is 13.6. The molecule has 138 valence electrons. The van der Waals surface area contributed by atoms with Gasteiger partial charge in [0.05, 0.1) is 12.8 Å². The first-order chi connectivity index (χ1) is 12.9. The van der Waals surface area contributed by atoms with Crippen LogP contribution < -0.4 is 10.1 Å². The number of hydrogen-bond donors (Lipinski definition) is 1. The molecule has 1 amide bonds. The number of amides is 1. The predicted octanol–water partition coefficient (Wildman–Crippen LogP) is 3.58. The Morgan fingerprint density at radius 2 is 1.96 bits per heavy atom. The number of methoxy groups -OCH3 is 1. The minimum absolute atomic E-state index is 0.141. The van der Waals surface area contributed by atoms with Gasteiger partial charge in [-0.3, -0.25) is 4.79 Å².